The predicted octanol–water partition coefficient (Wildman–Crippen LogP) is 11.1. The smallest absolute Gasteiger partial charge is 0.217 e. The normalized spacial score (nSPS) is 37.2. The highest BCUT2D eigenvalue weighted by Crippen LogP contribution is 2.68. The van der Waals surface area contributed by atoms with E-state index in [2.05, 4.69) is 70.8 Å². The predicted molar refractivity (Wildman–Crippen MR) is 235 cm³/mol. The Morgan fingerprint density at radius 3 is 2.17 bits per heavy atom. The zero-order valence-corrected chi connectivity index (χ0v) is 37.3. The topological polar surface area (TPSA) is 75.2 Å². The average molecular weight is 812 g/mol. The number of amides is 1. The first-order valence-corrected chi connectivity index (χ1v) is 23.6. The van der Waals surface area contributed by atoms with E-state index in [1.165, 1.54) is 64.2 Å². The van der Waals surface area contributed by atoms with E-state index >= 15 is 0 Å². The molecule has 0 radical (unpaired) electrons. The minimum Gasteiger partial charge on any atom is -0.375 e. The van der Waals surface area contributed by atoms with Gasteiger partial charge >= 0.3 is 0 Å². The van der Waals surface area contributed by atoms with Crippen molar-refractivity contribution in [2.75, 3.05) is 13.2 Å². The number of carbonyl (C=O) groups is 1. The first kappa shape index (κ1) is 44.5. The summed E-state index contributed by atoms with van der Waals surface area (Å²) in [5, 5.41) is 3.23. The number of ether oxygens (including phenoxy) is 5. The third-order valence-electron chi connectivity index (χ3n) is 16.3. The first-order chi connectivity index (χ1) is 28.5. The Bertz CT molecular complexity index is 1620. The standard InChI is InChI=1S/C52H77NO6/c1-8-30-55-34-46-48(56-32-38-18-11-9-12-19-38)49(57-33-39-20-13-10-14-21-39)47(53-37(5)54)50(59-46)58-41-26-28-51(6)40(31-41)22-23-42-44-25-24-43(36(4)17-15-16-35(2)3)52(44,7)29-27-45(42)51/h8-14,18-21,35-36,40-50H,1,15-17,22-34H2,2-7H3,(H,53,54)/t36-,40+,41-,42+,43+,44+,45-,46?,47?,48?,49?,50?,51+,52-/m1/s1. The van der Waals surface area contributed by atoms with Gasteiger partial charge in [0.15, 0.2) is 6.29 Å². The summed E-state index contributed by atoms with van der Waals surface area (Å²) in [4.78, 5) is 13.0. The fourth-order valence-electron chi connectivity index (χ4n) is 13.3. The van der Waals surface area contributed by atoms with Crippen molar-refractivity contribution in [1.29, 1.82) is 0 Å². The molecule has 59 heavy (non-hydrogen) atoms. The Morgan fingerprint density at radius 2 is 1.51 bits per heavy atom. The summed E-state index contributed by atoms with van der Waals surface area (Å²) in [7, 11) is 0. The van der Waals surface area contributed by atoms with Gasteiger partial charge in [0.05, 0.1) is 32.5 Å². The van der Waals surface area contributed by atoms with Crippen LogP contribution in [0.2, 0.25) is 0 Å². The van der Waals surface area contributed by atoms with Crippen molar-refractivity contribution in [3.8, 4) is 0 Å². The molecule has 1 aliphatic heterocycles. The maximum atomic E-state index is 13.0. The third kappa shape index (κ3) is 10.2. The van der Waals surface area contributed by atoms with E-state index in [9.17, 15) is 4.79 Å². The van der Waals surface area contributed by atoms with Gasteiger partial charge < -0.3 is 29.0 Å². The summed E-state index contributed by atoms with van der Waals surface area (Å²) >= 11 is 0. The van der Waals surface area contributed by atoms with Crippen LogP contribution in [-0.2, 0) is 41.7 Å². The quantitative estimate of drug-likeness (QED) is 0.0918. The van der Waals surface area contributed by atoms with Gasteiger partial charge in [0.2, 0.25) is 5.91 Å². The van der Waals surface area contributed by atoms with Crippen LogP contribution in [0, 0.1) is 52.3 Å². The lowest BCUT2D eigenvalue weighted by Crippen LogP contribution is -2.66. The van der Waals surface area contributed by atoms with Crippen molar-refractivity contribution in [3.05, 3.63) is 84.4 Å². The van der Waals surface area contributed by atoms with E-state index in [-0.39, 0.29) is 18.6 Å². The zero-order valence-electron chi connectivity index (χ0n) is 37.3. The molecule has 1 N–H and O–H groups in total. The minimum atomic E-state index is -0.715. The van der Waals surface area contributed by atoms with Crippen LogP contribution in [0.25, 0.3) is 0 Å². The Kier molecular flexibility index (Phi) is 15.2. The van der Waals surface area contributed by atoms with Gasteiger partial charge in [-0.05, 0) is 121 Å². The van der Waals surface area contributed by atoms with E-state index in [0.29, 0.717) is 36.6 Å². The number of hydrogen-bond donors (Lipinski definition) is 1. The molecule has 4 saturated carbocycles. The molecule has 7 rings (SSSR count). The molecular formula is C52H77NO6. The van der Waals surface area contributed by atoms with Crippen LogP contribution >= 0.6 is 0 Å². The molecule has 1 amide bonds. The Labute approximate surface area is 357 Å². The first-order valence-electron chi connectivity index (χ1n) is 23.6. The van der Waals surface area contributed by atoms with Gasteiger partial charge in [0.25, 0.3) is 0 Å². The summed E-state index contributed by atoms with van der Waals surface area (Å²) in [5.74, 6) is 5.55. The van der Waals surface area contributed by atoms with E-state index in [1.807, 2.05) is 36.4 Å². The molecule has 0 aromatic heterocycles. The van der Waals surface area contributed by atoms with Gasteiger partial charge in [-0.2, -0.15) is 0 Å². The van der Waals surface area contributed by atoms with Crippen LogP contribution in [0.3, 0.4) is 0 Å². The molecule has 326 valence electrons. The van der Waals surface area contributed by atoms with Crippen molar-refractivity contribution in [1.82, 2.24) is 5.32 Å². The van der Waals surface area contributed by atoms with Crippen LogP contribution in [-0.4, -0.2) is 55.9 Å². The van der Waals surface area contributed by atoms with Crippen molar-refractivity contribution in [2.24, 2.45) is 52.3 Å². The molecule has 14 atom stereocenters. The fourth-order valence-corrected chi connectivity index (χ4v) is 13.3. The molecule has 2 aromatic rings. The number of nitrogens with one attached hydrogen (secondary N) is 1. The molecule has 5 unspecified atom stereocenters. The second-order valence-electron chi connectivity index (χ2n) is 20.3. The van der Waals surface area contributed by atoms with Gasteiger partial charge in [-0.25, -0.2) is 0 Å². The lowest BCUT2D eigenvalue weighted by molar-refractivity contribution is -0.304. The van der Waals surface area contributed by atoms with Crippen LogP contribution in [0.5, 0.6) is 0 Å². The lowest BCUT2D eigenvalue weighted by Gasteiger charge is -2.61. The van der Waals surface area contributed by atoms with Crippen molar-refractivity contribution in [3.63, 3.8) is 0 Å². The van der Waals surface area contributed by atoms with E-state index in [1.54, 1.807) is 13.0 Å². The average Bonchev–Trinajstić information content (AvgIpc) is 3.58. The summed E-state index contributed by atoms with van der Waals surface area (Å²) in [6.45, 7) is 19.5. The van der Waals surface area contributed by atoms with Gasteiger partial charge in [-0.3, -0.25) is 4.79 Å². The molecule has 5 aliphatic rings. The minimum absolute atomic E-state index is 0.0357. The largest absolute Gasteiger partial charge is 0.375 e. The van der Waals surface area contributed by atoms with Crippen LogP contribution in [0.1, 0.15) is 130 Å². The monoisotopic (exact) mass is 812 g/mol. The molecule has 5 fully saturated rings. The SMILES string of the molecule is C=CCOCC1OC(O[C@@H]2CC[C@@]3(C)[C@@H](CC[C@@H]4[C@H]3CC[C@@]3(C)[C@H]4CC[C@H]3[C@H](C)CCCC(C)C)C2)C(NC(C)=O)C(OCc2ccccc2)C1OCc1ccccc1. The second kappa shape index (κ2) is 20.1. The maximum Gasteiger partial charge on any atom is 0.217 e. The molecule has 2 aromatic carbocycles. The molecule has 1 heterocycles. The van der Waals surface area contributed by atoms with Gasteiger partial charge in [-0.1, -0.05) is 121 Å². The Hall–Kier alpha value is -2.55. The molecule has 4 aliphatic carbocycles. The summed E-state index contributed by atoms with van der Waals surface area (Å²) in [6.07, 6.45) is 15.2. The molecule has 7 nitrogen and oxygen atoms in total. The van der Waals surface area contributed by atoms with Gasteiger partial charge in [-0.15, -0.1) is 6.58 Å². The van der Waals surface area contributed by atoms with Gasteiger partial charge in [0.1, 0.15) is 24.4 Å². The van der Waals surface area contributed by atoms with Gasteiger partial charge in [0, 0.05) is 6.92 Å². The molecule has 7 heteroatoms. The van der Waals surface area contributed by atoms with Crippen molar-refractivity contribution in [2.45, 2.75) is 169 Å². The summed E-state index contributed by atoms with van der Waals surface area (Å²) < 4.78 is 33.6. The molecular weight excluding hydrogens is 735 g/mol. The summed E-state index contributed by atoms with van der Waals surface area (Å²) in [6, 6.07) is 19.7. The summed E-state index contributed by atoms with van der Waals surface area (Å²) in [5.41, 5.74) is 2.95. The lowest BCUT2D eigenvalue weighted by atomic mass is 9.44. The highest BCUT2D eigenvalue weighted by Gasteiger charge is 2.61. The van der Waals surface area contributed by atoms with Crippen molar-refractivity contribution < 1.29 is 28.5 Å². The third-order valence-corrected chi connectivity index (χ3v) is 16.3. The molecule has 0 bridgehead atoms. The number of carbonyl (C=O) groups excluding carboxylic acids is 1. The number of benzene rings is 2. The van der Waals surface area contributed by atoms with Crippen molar-refractivity contribution >= 4 is 5.91 Å². The number of hydrogen-bond acceptors (Lipinski definition) is 6. The maximum absolute atomic E-state index is 13.0. The second-order valence-corrected chi connectivity index (χ2v) is 20.3. The fraction of sp³-hybridized carbons (Fsp3) is 0.712. The Morgan fingerprint density at radius 1 is 0.847 bits per heavy atom. The Balaban J connectivity index is 1.06. The highest BCUT2D eigenvalue weighted by molar-refractivity contribution is 5.73. The van der Waals surface area contributed by atoms with E-state index in [4.69, 9.17) is 23.7 Å². The molecule has 0 spiro atoms. The van der Waals surface area contributed by atoms with Crippen LogP contribution in [0.15, 0.2) is 73.3 Å². The molecule has 1 saturated heterocycles. The van der Waals surface area contributed by atoms with Crippen LogP contribution < -0.4 is 5.32 Å². The van der Waals surface area contributed by atoms with E-state index < -0.39 is 30.6 Å². The highest BCUT2D eigenvalue weighted by atomic mass is 16.7. The van der Waals surface area contributed by atoms with E-state index in [0.717, 1.165) is 59.5 Å². The number of rotatable bonds is 18. The zero-order chi connectivity index (χ0) is 41.6. The van der Waals surface area contributed by atoms with Crippen LogP contribution in [0.4, 0.5) is 0 Å². The number of fused-ring (bicyclic) bond motifs is 5.